The van der Waals surface area contributed by atoms with Gasteiger partial charge in [-0.05, 0) is 62.9 Å². The van der Waals surface area contributed by atoms with Crippen LogP contribution in [0.4, 0.5) is 5.69 Å². The molecule has 38 heavy (non-hydrogen) atoms. The van der Waals surface area contributed by atoms with Gasteiger partial charge in [-0.1, -0.05) is 55.3 Å². The van der Waals surface area contributed by atoms with Gasteiger partial charge in [0.25, 0.3) is 0 Å². The maximum atomic E-state index is 13.6. The Bertz CT molecular complexity index is 1140. The predicted octanol–water partition coefficient (Wildman–Crippen LogP) is 5.05. The topological polar surface area (TPSA) is 64.7 Å². The Morgan fingerprint density at radius 2 is 1.71 bits per heavy atom. The van der Waals surface area contributed by atoms with E-state index in [2.05, 4.69) is 53.9 Å². The first kappa shape index (κ1) is 29.1. The number of aryl methyl sites for hydroxylation is 1. The lowest BCUT2D eigenvalue weighted by atomic mass is 9.88. The van der Waals surface area contributed by atoms with E-state index >= 15 is 0 Å². The van der Waals surface area contributed by atoms with Crippen molar-refractivity contribution in [2.75, 3.05) is 44.2 Å². The van der Waals surface area contributed by atoms with Crippen LogP contribution < -0.4 is 14.9 Å². The Morgan fingerprint density at radius 3 is 2.32 bits per heavy atom. The monoisotopic (exact) mass is 558 g/mol. The molecule has 2 saturated heterocycles. The molecule has 0 bridgehead atoms. The molecule has 2 N–H and O–H groups in total. The van der Waals surface area contributed by atoms with Gasteiger partial charge in [-0.15, -0.1) is 0 Å². The highest BCUT2D eigenvalue weighted by Crippen LogP contribution is 2.35. The second-order valence-electron chi connectivity index (χ2n) is 12.0. The molecule has 4 rings (SSSR count). The lowest BCUT2D eigenvalue weighted by Crippen LogP contribution is -2.51. The third-order valence-corrected chi connectivity index (χ3v) is 9.57. The Labute approximate surface area is 236 Å². The molecule has 0 spiro atoms. The fraction of sp³-hybridized carbons (Fsp3) is 0.567. The fourth-order valence-electron chi connectivity index (χ4n) is 5.46. The standard InChI is InChI=1S/C30H43ClN4O2S/c1-20(2)28(33-38(37)30(4,5)6)24-17-21(3)7-12-27(24)34-13-15-35(16-14-34)29(36)26-19-32-18-25(26)22-8-10-23(31)11-9-22/h7-12,17,20,25-26,28,32-33H,13-16,18-19H2,1-6H3/t25-,26+,28+,38+/m1/s1. The van der Waals surface area contributed by atoms with Crippen molar-refractivity contribution in [1.29, 1.82) is 0 Å². The molecule has 6 nitrogen and oxygen atoms in total. The average molecular weight is 559 g/mol. The Balaban J connectivity index is 1.48. The van der Waals surface area contributed by atoms with Crippen LogP contribution >= 0.6 is 11.6 Å². The number of amides is 1. The number of benzene rings is 2. The van der Waals surface area contributed by atoms with Crippen molar-refractivity contribution in [1.82, 2.24) is 14.9 Å². The quantitative estimate of drug-likeness (QED) is 0.499. The van der Waals surface area contributed by atoms with E-state index in [0.717, 1.165) is 19.6 Å². The molecule has 1 amide bonds. The van der Waals surface area contributed by atoms with E-state index in [1.165, 1.54) is 22.4 Å². The van der Waals surface area contributed by atoms with Crippen molar-refractivity contribution < 1.29 is 9.00 Å². The number of halogens is 1. The van der Waals surface area contributed by atoms with E-state index < -0.39 is 11.0 Å². The molecule has 2 aromatic carbocycles. The molecule has 0 aliphatic carbocycles. The molecular formula is C30H43ClN4O2S. The molecule has 8 heteroatoms. The molecule has 2 aromatic rings. The maximum absolute atomic E-state index is 13.6. The Morgan fingerprint density at radius 1 is 1.05 bits per heavy atom. The van der Waals surface area contributed by atoms with Gasteiger partial charge >= 0.3 is 0 Å². The van der Waals surface area contributed by atoms with Gasteiger partial charge in [0.05, 0.1) is 21.7 Å². The zero-order valence-electron chi connectivity index (χ0n) is 23.6. The number of anilines is 1. The summed E-state index contributed by atoms with van der Waals surface area (Å²) in [6, 6.07) is 14.4. The summed E-state index contributed by atoms with van der Waals surface area (Å²) in [5.74, 6) is 0.619. The number of rotatable bonds is 7. The minimum Gasteiger partial charge on any atom is -0.368 e. The molecule has 2 aliphatic heterocycles. The first-order chi connectivity index (χ1) is 18.0. The van der Waals surface area contributed by atoms with Crippen LogP contribution in [0.15, 0.2) is 42.5 Å². The highest BCUT2D eigenvalue weighted by Gasteiger charge is 2.37. The summed E-state index contributed by atoms with van der Waals surface area (Å²) in [4.78, 5) is 18.0. The smallest absolute Gasteiger partial charge is 0.227 e. The van der Waals surface area contributed by atoms with E-state index in [9.17, 15) is 9.00 Å². The summed E-state index contributed by atoms with van der Waals surface area (Å²) in [5.41, 5.74) is 4.70. The van der Waals surface area contributed by atoms with Crippen LogP contribution in [-0.4, -0.2) is 59.0 Å². The van der Waals surface area contributed by atoms with Crippen LogP contribution in [-0.2, 0) is 15.8 Å². The molecular weight excluding hydrogens is 516 g/mol. The van der Waals surface area contributed by atoms with Crippen molar-refractivity contribution >= 4 is 34.2 Å². The molecule has 4 atom stereocenters. The average Bonchev–Trinajstić information content (AvgIpc) is 3.36. The molecule has 2 aliphatic rings. The number of hydrogen-bond acceptors (Lipinski definition) is 4. The van der Waals surface area contributed by atoms with Gasteiger partial charge in [0.15, 0.2) is 0 Å². The number of nitrogens with zero attached hydrogens (tertiary/aromatic N) is 2. The van der Waals surface area contributed by atoms with E-state index in [4.69, 9.17) is 11.6 Å². The summed E-state index contributed by atoms with van der Waals surface area (Å²) in [5, 5.41) is 4.15. The number of nitrogens with one attached hydrogen (secondary N) is 2. The van der Waals surface area contributed by atoms with Crippen molar-refractivity contribution in [2.24, 2.45) is 11.8 Å². The van der Waals surface area contributed by atoms with E-state index in [1.807, 2.05) is 49.9 Å². The van der Waals surface area contributed by atoms with Gasteiger partial charge in [0.1, 0.15) is 0 Å². The highest BCUT2D eigenvalue weighted by molar-refractivity contribution is 7.84. The third-order valence-electron chi connectivity index (χ3n) is 7.74. The summed E-state index contributed by atoms with van der Waals surface area (Å²) in [7, 11) is -1.18. The SMILES string of the molecule is Cc1ccc(N2CCN(C(=O)[C@H]3CNC[C@@H]3c3ccc(Cl)cc3)CC2)c([C@@H](N[S@@](=O)C(C)(C)C)C(C)C)c1. The molecule has 208 valence electrons. The maximum Gasteiger partial charge on any atom is 0.227 e. The fourth-order valence-corrected chi connectivity index (χ4v) is 6.57. The van der Waals surface area contributed by atoms with Gasteiger partial charge < -0.3 is 15.1 Å². The van der Waals surface area contributed by atoms with Gasteiger partial charge in [-0.3, -0.25) is 4.79 Å². The van der Waals surface area contributed by atoms with Gasteiger partial charge in [0, 0.05) is 61.9 Å². The van der Waals surface area contributed by atoms with Gasteiger partial charge in [-0.25, -0.2) is 8.93 Å². The first-order valence-corrected chi connectivity index (χ1v) is 15.3. The van der Waals surface area contributed by atoms with E-state index in [0.29, 0.717) is 24.7 Å². The van der Waals surface area contributed by atoms with Crippen LogP contribution in [0.1, 0.15) is 63.3 Å². The highest BCUT2D eigenvalue weighted by atomic mass is 35.5. The number of carbonyl (C=O) groups is 1. The molecule has 2 fully saturated rings. The lowest BCUT2D eigenvalue weighted by Gasteiger charge is -2.39. The molecule has 0 unspecified atom stereocenters. The summed E-state index contributed by atoms with van der Waals surface area (Å²) >= 11 is 6.09. The van der Waals surface area contributed by atoms with Crippen molar-refractivity contribution in [3.05, 3.63) is 64.2 Å². The number of piperazine rings is 1. The van der Waals surface area contributed by atoms with Gasteiger partial charge in [-0.2, -0.15) is 0 Å². The first-order valence-electron chi connectivity index (χ1n) is 13.7. The zero-order chi connectivity index (χ0) is 27.6. The van der Waals surface area contributed by atoms with Crippen LogP contribution in [0, 0.1) is 18.8 Å². The minimum absolute atomic E-state index is 0.0330. The van der Waals surface area contributed by atoms with Crippen LogP contribution in [0.25, 0.3) is 0 Å². The molecule has 0 aromatic heterocycles. The van der Waals surface area contributed by atoms with Crippen LogP contribution in [0.5, 0.6) is 0 Å². The second-order valence-corrected chi connectivity index (χ2v) is 14.5. The Hall–Kier alpha value is -1.93. The second kappa shape index (κ2) is 12.1. The molecule has 0 saturated carbocycles. The van der Waals surface area contributed by atoms with E-state index in [-0.39, 0.29) is 34.4 Å². The van der Waals surface area contributed by atoms with Crippen molar-refractivity contribution in [3.63, 3.8) is 0 Å². The number of hydrogen-bond donors (Lipinski definition) is 2. The lowest BCUT2D eigenvalue weighted by molar-refractivity contribution is -0.135. The summed E-state index contributed by atoms with van der Waals surface area (Å²) in [6.07, 6.45) is 0. The summed E-state index contributed by atoms with van der Waals surface area (Å²) < 4.78 is 16.1. The predicted molar refractivity (Wildman–Crippen MR) is 159 cm³/mol. The van der Waals surface area contributed by atoms with Crippen molar-refractivity contribution in [2.45, 2.75) is 58.2 Å². The van der Waals surface area contributed by atoms with Crippen LogP contribution in [0.3, 0.4) is 0 Å². The summed E-state index contributed by atoms with van der Waals surface area (Å²) in [6.45, 7) is 16.9. The normalized spacial score (nSPS) is 22.1. The molecule has 0 radical (unpaired) electrons. The van der Waals surface area contributed by atoms with Gasteiger partial charge in [0.2, 0.25) is 5.91 Å². The van der Waals surface area contributed by atoms with Crippen molar-refractivity contribution in [3.8, 4) is 0 Å². The largest absolute Gasteiger partial charge is 0.368 e. The minimum atomic E-state index is -1.18. The zero-order valence-corrected chi connectivity index (χ0v) is 25.2. The van der Waals surface area contributed by atoms with E-state index in [1.54, 1.807) is 0 Å². The van der Waals surface area contributed by atoms with Crippen LogP contribution in [0.2, 0.25) is 5.02 Å². The third kappa shape index (κ3) is 6.61. The number of carbonyl (C=O) groups excluding carboxylic acids is 1. The Kier molecular flexibility index (Phi) is 9.23. The molecule has 2 heterocycles.